The molecule has 1 saturated carbocycles. The highest BCUT2D eigenvalue weighted by Gasteiger charge is 2.19. The van der Waals surface area contributed by atoms with E-state index in [0.717, 1.165) is 23.2 Å². The third-order valence-electron chi connectivity index (χ3n) is 3.63. The van der Waals surface area contributed by atoms with Gasteiger partial charge in [0, 0.05) is 23.2 Å². The van der Waals surface area contributed by atoms with Gasteiger partial charge in [-0.15, -0.1) is 0 Å². The monoisotopic (exact) mass is 271 g/mol. The molecule has 1 aliphatic carbocycles. The summed E-state index contributed by atoms with van der Waals surface area (Å²) >= 11 is 6.27. The maximum Gasteiger partial charge on any atom is 0.0484 e. The van der Waals surface area contributed by atoms with Crippen molar-refractivity contribution in [2.24, 2.45) is 0 Å². The summed E-state index contributed by atoms with van der Waals surface area (Å²) in [5, 5.41) is 4.36. The Balaban J connectivity index is 1.84. The van der Waals surface area contributed by atoms with Crippen molar-refractivity contribution in [1.82, 2.24) is 5.32 Å². The molecule has 0 atom stereocenters. The molecular weight excluding hydrogens is 254 g/mol. The van der Waals surface area contributed by atoms with Crippen molar-refractivity contribution >= 4 is 11.6 Å². The number of benzene rings is 2. The lowest BCUT2D eigenvalue weighted by Gasteiger charge is -2.11. The molecule has 1 aliphatic rings. The van der Waals surface area contributed by atoms with E-state index in [2.05, 4.69) is 36.5 Å². The molecule has 2 heteroatoms. The van der Waals surface area contributed by atoms with Crippen molar-refractivity contribution in [3.05, 3.63) is 58.6 Å². The summed E-state index contributed by atoms with van der Waals surface area (Å²) in [6, 6.07) is 15.4. The second-order valence-corrected chi connectivity index (χ2v) is 5.69. The minimum absolute atomic E-state index is 0.753. The zero-order valence-electron chi connectivity index (χ0n) is 11.1. The van der Waals surface area contributed by atoms with Crippen LogP contribution in [-0.2, 0) is 6.54 Å². The van der Waals surface area contributed by atoms with Crippen LogP contribution in [0.2, 0.25) is 5.02 Å². The van der Waals surface area contributed by atoms with Gasteiger partial charge < -0.3 is 5.32 Å². The Kier molecular flexibility index (Phi) is 3.58. The molecule has 1 fully saturated rings. The first kappa shape index (κ1) is 12.7. The van der Waals surface area contributed by atoms with Crippen molar-refractivity contribution in [3.63, 3.8) is 0 Å². The maximum absolute atomic E-state index is 6.27. The van der Waals surface area contributed by atoms with E-state index in [-0.39, 0.29) is 0 Å². The topological polar surface area (TPSA) is 12.0 Å². The average Bonchev–Trinajstić information content (AvgIpc) is 3.22. The molecule has 0 heterocycles. The Morgan fingerprint density at radius 3 is 2.58 bits per heavy atom. The van der Waals surface area contributed by atoms with Gasteiger partial charge in [-0.25, -0.2) is 0 Å². The number of hydrogen-bond acceptors (Lipinski definition) is 1. The third kappa shape index (κ3) is 2.99. The maximum atomic E-state index is 6.27. The zero-order valence-corrected chi connectivity index (χ0v) is 11.9. The first-order valence-electron chi connectivity index (χ1n) is 6.82. The van der Waals surface area contributed by atoms with Crippen molar-refractivity contribution in [3.8, 4) is 11.1 Å². The molecule has 0 aromatic heterocycles. The molecule has 0 unspecified atom stereocenters. The van der Waals surface area contributed by atoms with Crippen molar-refractivity contribution in [1.29, 1.82) is 0 Å². The first-order chi connectivity index (χ1) is 9.24. The van der Waals surface area contributed by atoms with E-state index >= 15 is 0 Å². The summed E-state index contributed by atoms with van der Waals surface area (Å²) in [4.78, 5) is 0. The standard InChI is InChI=1S/C17H18ClN/c1-12-10-13(11-19-14-7-8-14)6-9-15(12)16-4-2-3-5-17(16)18/h2-6,9-10,14,19H,7-8,11H2,1H3. The molecule has 0 bridgehead atoms. The molecule has 0 aliphatic heterocycles. The van der Waals surface area contributed by atoms with Gasteiger partial charge in [0.25, 0.3) is 0 Å². The molecule has 98 valence electrons. The molecular formula is C17H18ClN. The fraction of sp³-hybridized carbons (Fsp3) is 0.294. The summed E-state index contributed by atoms with van der Waals surface area (Å²) in [6.45, 7) is 3.12. The minimum Gasteiger partial charge on any atom is -0.310 e. The fourth-order valence-corrected chi connectivity index (χ4v) is 2.60. The second kappa shape index (κ2) is 5.36. The van der Waals surface area contributed by atoms with E-state index in [1.54, 1.807) is 0 Å². The van der Waals surface area contributed by atoms with Crippen molar-refractivity contribution < 1.29 is 0 Å². The summed E-state index contributed by atoms with van der Waals surface area (Å²) in [5.74, 6) is 0. The van der Waals surface area contributed by atoms with Crippen LogP contribution in [0.3, 0.4) is 0 Å². The zero-order chi connectivity index (χ0) is 13.2. The predicted molar refractivity (Wildman–Crippen MR) is 81.5 cm³/mol. The minimum atomic E-state index is 0.753. The molecule has 0 spiro atoms. The molecule has 19 heavy (non-hydrogen) atoms. The quantitative estimate of drug-likeness (QED) is 0.859. The van der Waals surface area contributed by atoms with E-state index in [9.17, 15) is 0 Å². The lowest BCUT2D eigenvalue weighted by atomic mass is 9.98. The second-order valence-electron chi connectivity index (χ2n) is 5.28. The Bertz CT molecular complexity index is 588. The van der Waals surface area contributed by atoms with E-state index in [0.29, 0.717) is 0 Å². The van der Waals surface area contributed by atoms with Gasteiger partial charge in [-0.2, -0.15) is 0 Å². The van der Waals surface area contributed by atoms with Gasteiger partial charge >= 0.3 is 0 Å². The highest BCUT2D eigenvalue weighted by molar-refractivity contribution is 6.33. The molecule has 0 amide bonds. The molecule has 0 radical (unpaired) electrons. The number of aryl methyl sites for hydroxylation is 1. The summed E-state index contributed by atoms with van der Waals surface area (Å²) in [5.41, 5.74) is 4.97. The van der Waals surface area contributed by atoms with E-state index in [1.165, 1.54) is 29.5 Å². The lowest BCUT2D eigenvalue weighted by Crippen LogP contribution is -2.15. The van der Waals surface area contributed by atoms with Crippen LogP contribution < -0.4 is 5.32 Å². The highest BCUT2D eigenvalue weighted by Crippen LogP contribution is 2.30. The molecule has 1 nitrogen and oxygen atoms in total. The number of halogens is 1. The van der Waals surface area contributed by atoms with Gasteiger partial charge in [-0.05, 0) is 42.5 Å². The number of nitrogens with one attached hydrogen (secondary N) is 1. The van der Waals surface area contributed by atoms with Crippen LogP contribution in [0.25, 0.3) is 11.1 Å². The van der Waals surface area contributed by atoms with Crippen LogP contribution in [0.4, 0.5) is 0 Å². The Morgan fingerprint density at radius 2 is 1.89 bits per heavy atom. The Hall–Kier alpha value is -1.31. The van der Waals surface area contributed by atoms with Crippen LogP contribution in [0, 0.1) is 6.92 Å². The van der Waals surface area contributed by atoms with Crippen LogP contribution in [0.5, 0.6) is 0 Å². The van der Waals surface area contributed by atoms with Gasteiger partial charge in [0.15, 0.2) is 0 Å². The summed E-state index contributed by atoms with van der Waals surface area (Å²) < 4.78 is 0. The Labute approximate surface area is 119 Å². The van der Waals surface area contributed by atoms with Gasteiger partial charge in [-0.3, -0.25) is 0 Å². The van der Waals surface area contributed by atoms with E-state index in [1.807, 2.05) is 18.2 Å². The first-order valence-corrected chi connectivity index (χ1v) is 7.19. The Morgan fingerprint density at radius 1 is 1.11 bits per heavy atom. The summed E-state index contributed by atoms with van der Waals surface area (Å²) in [7, 11) is 0. The normalized spacial score (nSPS) is 14.6. The predicted octanol–water partition coefficient (Wildman–Crippen LogP) is 4.57. The van der Waals surface area contributed by atoms with Gasteiger partial charge in [0.1, 0.15) is 0 Å². The molecule has 3 rings (SSSR count). The largest absolute Gasteiger partial charge is 0.310 e. The van der Waals surface area contributed by atoms with Crippen molar-refractivity contribution in [2.45, 2.75) is 32.4 Å². The van der Waals surface area contributed by atoms with E-state index in [4.69, 9.17) is 11.6 Å². The number of hydrogen-bond donors (Lipinski definition) is 1. The highest BCUT2D eigenvalue weighted by atomic mass is 35.5. The van der Waals surface area contributed by atoms with Gasteiger partial charge in [0.2, 0.25) is 0 Å². The van der Waals surface area contributed by atoms with E-state index < -0.39 is 0 Å². The average molecular weight is 272 g/mol. The van der Waals surface area contributed by atoms with Crippen LogP contribution >= 0.6 is 11.6 Å². The summed E-state index contributed by atoms with van der Waals surface area (Å²) in [6.07, 6.45) is 2.66. The molecule has 1 N–H and O–H groups in total. The smallest absolute Gasteiger partial charge is 0.0484 e. The van der Waals surface area contributed by atoms with Crippen LogP contribution in [0.1, 0.15) is 24.0 Å². The van der Waals surface area contributed by atoms with Crippen molar-refractivity contribution in [2.75, 3.05) is 0 Å². The van der Waals surface area contributed by atoms with Gasteiger partial charge in [-0.1, -0.05) is 48.0 Å². The number of rotatable bonds is 4. The van der Waals surface area contributed by atoms with Gasteiger partial charge in [0.05, 0.1) is 0 Å². The molecule has 2 aromatic rings. The van der Waals surface area contributed by atoms with Crippen LogP contribution in [0.15, 0.2) is 42.5 Å². The fourth-order valence-electron chi connectivity index (χ4n) is 2.37. The lowest BCUT2D eigenvalue weighted by molar-refractivity contribution is 0.687. The molecule has 2 aromatic carbocycles. The third-order valence-corrected chi connectivity index (χ3v) is 3.96. The molecule has 0 saturated heterocycles. The SMILES string of the molecule is Cc1cc(CNC2CC2)ccc1-c1ccccc1Cl. The van der Waals surface area contributed by atoms with Crippen LogP contribution in [-0.4, -0.2) is 6.04 Å².